The zero-order valence-corrected chi connectivity index (χ0v) is 12.8. The maximum atomic E-state index is 6.13. The van der Waals surface area contributed by atoms with Gasteiger partial charge in [0.2, 0.25) is 0 Å². The van der Waals surface area contributed by atoms with E-state index in [-0.39, 0.29) is 5.79 Å². The van der Waals surface area contributed by atoms with Gasteiger partial charge in [-0.15, -0.1) is 0 Å². The molecule has 2 atom stereocenters. The Bertz CT molecular complexity index is 504. The summed E-state index contributed by atoms with van der Waals surface area (Å²) in [6, 6.07) is 8.32. The monoisotopic (exact) mass is 288 g/mol. The van der Waals surface area contributed by atoms with E-state index in [1.807, 2.05) is 12.1 Å². The van der Waals surface area contributed by atoms with E-state index in [2.05, 4.69) is 12.1 Å². The van der Waals surface area contributed by atoms with Crippen LogP contribution < -0.4 is 4.74 Å². The van der Waals surface area contributed by atoms with Gasteiger partial charge in [0.25, 0.3) is 0 Å². The van der Waals surface area contributed by atoms with Gasteiger partial charge in [0.05, 0.1) is 13.7 Å². The number of hydrogen-bond donors (Lipinski definition) is 0. The molecule has 0 unspecified atom stereocenters. The number of ether oxygens (including phenoxy) is 3. The highest BCUT2D eigenvalue weighted by Gasteiger charge is 2.71. The van der Waals surface area contributed by atoms with Crippen LogP contribution in [0.15, 0.2) is 24.3 Å². The lowest BCUT2D eigenvalue weighted by Gasteiger charge is -2.32. The predicted octanol–water partition coefficient (Wildman–Crippen LogP) is 3.70. The van der Waals surface area contributed by atoms with Crippen molar-refractivity contribution in [2.24, 2.45) is 5.41 Å². The molecule has 0 aromatic heterocycles. The Morgan fingerprint density at radius 1 is 1.14 bits per heavy atom. The lowest BCUT2D eigenvalue weighted by molar-refractivity contribution is -0.0812. The van der Waals surface area contributed by atoms with E-state index in [1.165, 1.54) is 37.7 Å². The van der Waals surface area contributed by atoms with Gasteiger partial charge in [-0.25, -0.2) is 0 Å². The summed E-state index contributed by atoms with van der Waals surface area (Å²) in [4.78, 5) is 0. The summed E-state index contributed by atoms with van der Waals surface area (Å²) < 4.78 is 17.4. The van der Waals surface area contributed by atoms with E-state index < -0.39 is 0 Å². The number of fused-ring (bicyclic) bond motifs is 2. The molecule has 1 spiro atoms. The molecule has 21 heavy (non-hydrogen) atoms. The molecule has 2 saturated heterocycles. The second kappa shape index (κ2) is 4.99. The highest BCUT2D eigenvalue weighted by atomic mass is 16.8. The van der Waals surface area contributed by atoms with Crippen LogP contribution in [0.1, 0.15) is 44.1 Å². The van der Waals surface area contributed by atoms with Crippen molar-refractivity contribution in [1.82, 2.24) is 0 Å². The summed E-state index contributed by atoms with van der Waals surface area (Å²) in [5.41, 5.74) is 1.67. The van der Waals surface area contributed by atoms with Gasteiger partial charge in [0, 0.05) is 11.8 Å². The fraction of sp³-hybridized carbons (Fsp3) is 0.667. The third-order valence-electron chi connectivity index (χ3n) is 5.59. The van der Waals surface area contributed by atoms with Gasteiger partial charge < -0.3 is 14.2 Å². The van der Waals surface area contributed by atoms with Crippen LogP contribution >= 0.6 is 0 Å². The molecule has 0 radical (unpaired) electrons. The van der Waals surface area contributed by atoms with Crippen LogP contribution in [0.3, 0.4) is 0 Å². The maximum Gasteiger partial charge on any atom is 0.196 e. The molecule has 1 aliphatic carbocycles. The molecule has 3 aliphatic rings. The fourth-order valence-electron chi connectivity index (χ4n) is 4.24. The highest BCUT2D eigenvalue weighted by Crippen LogP contribution is 2.61. The maximum absolute atomic E-state index is 6.13. The lowest BCUT2D eigenvalue weighted by Crippen LogP contribution is -2.31. The number of rotatable bonds is 4. The van der Waals surface area contributed by atoms with Crippen LogP contribution in [0, 0.1) is 5.41 Å². The fourth-order valence-corrected chi connectivity index (χ4v) is 4.24. The van der Waals surface area contributed by atoms with Gasteiger partial charge in [0.15, 0.2) is 5.79 Å². The van der Waals surface area contributed by atoms with Crippen molar-refractivity contribution in [3.8, 4) is 5.75 Å². The van der Waals surface area contributed by atoms with Crippen LogP contribution in [0.25, 0.3) is 0 Å². The molecular formula is C18H24O3. The zero-order valence-electron chi connectivity index (χ0n) is 12.8. The molecule has 3 heteroatoms. The van der Waals surface area contributed by atoms with Crippen molar-refractivity contribution >= 4 is 0 Å². The van der Waals surface area contributed by atoms with Crippen LogP contribution in [0.5, 0.6) is 5.75 Å². The Hall–Kier alpha value is -1.06. The summed E-state index contributed by atoms with van der Waals surface area (Å²) in [5, 5.41) is 0. The van der Waals surface area contributed by atoms with E-state index in [9.17, 15) is 0 Å². The number of aryl methyl sites for hydroxylation is 1. The molecule has 2 aliphatic heterocycles. The Morgan fingerprint density at radius 2 is 1.90 bits per heavy atom. The van der Waals surface area contributed by atoms with Gasteiger partial charge in [-0.2, -0.15) is 0 Å². The number of methoxy groups -OCH3 is 1. The first-order chi connectivity index (χ1) is 10.3. The molecule has 114 valence electrons. The zero-order chi connectivity index (χ0) is 14.3. The van der Waals surface area contributed by atoms with Gasteiger partial charge in [-0.05, 0) is 37.0 Å². The molecule has 4 rings (SSSR count). The predicted molar refractivity (Wildman–Crippen MR) is 80.4 cm³/mol. The summed E-state index contributed by atoms with van der Waals surface area (Å²) in [7, 11) is 1.70. The molecule has 1 aromatic carbocycles. The molecule has 1 aromatic rings. The average molecular weight is 288 g/mol. The van der Waals surface area contributed by atoms with Crippen molar-refractivity contribution < 1.29 is 14.2 Å². The van der Waals surface area contributed by atoms with E-state index in [4.69, 9.17) is 14.2 Å². The van der Waals surface area contributed by atoms with Crippen molar-refractivity contribution in [2.75, 3.05) is 13.7 Å². The van der Waals surface area contributed by atoms with E-state index in [1.54, 1.807) is 7.11 Å². The van der Waals surface area contributed by atoms with Crippen molar-refractivity contribution in [1.29, 1.82) is 0 Å². The van der Waals surface area contributed by atoms with E-state index in [0.717, 1.165) is 25.2 Å². The van der Waals surface area contributed by atoms with Gasteiger partial charge in [0.1, 0.15) is 11.9 Å². The third-order valence-corrected chi connectivity index (χ3v) is 5.59. The van der Waals surface area contributed by atoms with Crippen molar-refractivity contribution in [2.45, 2.75) is 56.8 Å². The molecule has 0 amide bonds. The Morgan fingerprint density at radius 3 is 2.57 bits per heavy atom. The van der Waals surface area contributed by atoms with Gasteiger partial charge in [-0.1, -0.05) is 31.4 Å². The first-order valence-electron chi connectivity index (χ1n) is 8.21. The van der Waals surface area contributed by atoms with Crippen LogP contribution in [-0.2, 0) is 15.9 Å². The number of epoxide rings is 1. The molecule has 0 N–H and O–H groups in total. The Labute approximate surface area is 126 Å². The summed E-state index contributed by atoms with van der Waals surface area (Å²) in [6.07, 6.45) is 9.01. The minimum atomic E-state index is -0.253. The van der Waals surface area contributed by atoms with Gasteiger partial charge in [-0.3, -0.25) is 0 Å². The second-order valence-electron chi connectivity index (χ2n) is 6.87. The van der Waals surface area contributed by atoms with E-state index in [0.29, 0.717) is 11.5 Å². The number of benzene rings is 1. The largest absolute Gasteiger partial charge is 0.497 e. The average Bonchev–Trinajstić information content (AvgIpc) is 3.22. The minimum absolute atomic E-state index is 0.253. The van der Waals surface area contributed by atoms with Crippen molar-refractivity contribution in [3.63, 3.8) is 0 Å². The Balaban J connectivity index is 1.38. The highest BCUT2D eigenvalue weighted by molar-refractivity contribution is 5.27. The van der Waals surface area contributed by atoms with Gasteiger partial charge >= 0.3 is 0 Å². The SMILES string of the molecule is COc1ccc(CC[C@@]23OCC4(CCCCC4)[C@@H]2O3)cc1. The summed E-state index contributed by atoms with van der Waals surface area (Å²) >= 11 is 0. The Kier molecular flexibility index (Phi) is 3.23. The molecule has 3 nitrogen and oxygen atoms in total. The van der Waals surface area contributed by atoms with Crippen LogP contribution in [0.2, 0.25) is 0 Å². The van der Waals surface area contributed by atoms with Crippen LogP contribution in [-0.4, -0.2) is 25.6 Å². The number of hydrogen-bond acceptors (Lipinski definition) is 3. The normalized spacial score (nSPS) is 32.9. The lowest BCUT2D eigenvalue weighted by atomic mass is 9.72. The summed E-state index contributed by atoms with van der Waals surface area (Å²) in [6.45, 7) is 0.917. The first-order valence-corrected chi connectivity index (χ1v) is 8.21. The standard InChI is InChI=1S/C18H24O3/c1-19-15-7-5-14(6-8-15)9-12-18-16(21-18)17(13-20-18)10-3-2-4-11-17/h5-8,16H,2-4,9-13H2,1H3/t16-,18-/m0/s1. The van der Waals surface area contributed by atoms with E-state index >= 15 is 0 Å². The quantitative estimate of drug-likeness (QED) is 0.791. The third kappa shape index (κ3) is 2.27. The summed E-state index contributed by atoms with van der Waals surface area (Å²) in [5.74, 6) is 0.660. The molecule has 0 bridgehead atoms. The van der Waals surface area contributed by atoms with Crippen LogP contribution in [0.4, 0.5) is 0 Å². The molecule has 1 saturated carbocycles. The molecule has 2 heterocycles. The molecule has 3 fully saturated rings. The van der Waals surface area contributed by atoms with Crippen molar-refractivity contribution in [3.05, 3.63) is 29.8 Å². The molecular weight excluding hydrogens is 264 g/mol. The second-order valence-corrected chi connectivity index (χ2v) is 6.87. The smallest absolute Gasteiger partial charge is 0.196 e. The topological polar surface area (TPSA) is 31.0 Å². The first kappa shape index (κ1) is 13.6. The minimum Gasteiger partial charge on any atom is -0.497 e.